The van der Waals surface area contributed by atoms with Gasteiger partial charge in [-0.15, -0.1) is 0 Å². The summed E-state index contributed by atoms with van der Waals surface area (Å²) >= 11 is 0. The number of carbonyl (C=O) groups is 3. The van der Waals surface area contributed by atoms with Crippen LogP contribution >= 0.6 is 0 Å². The number of carbonyl (C=O) groups excluding carboxylic acids is 3. The molecule has 11 nitrogen and oxygen atoms in total. The van der Waals surface area contributed by atoms with E-state index in [-0.39, 0.29) is 42.2 Å². The van der Waals surface area contributed by atoms with Crippen molar-refractivity contribution in [2.75, 3.05) is 64.1 Å². The number of amides is 1. The van der Waals surface area contributed by atoms with E-state index in [1.54, 1.807) is 38.1 Å². The Kier molecular flexibility index (Phi) is 11.2. The Labute approximate surface area is 288 Å². The predicted molar refractivity (Wildman–Crippen MR) is 190 cm³/mol. The quantitative estimate of drug-likeness (QED) is 0.282. The lowest BCUT2D eigenvalue weighted by molar-refractivity contribution is -0.145. The molecule has 2 N–H and O–H groups in total. The van der Waals surface area contributed by atoms with Crippen LogP contribution in [0.1, 0.15) is 52.5 Å². The number of methoxy groups -OCH3 is 1. The van der Waals surface area contributed by atoms with Crippen LogP contribution in [-0.4, -0.2) is 103 Å². The first-order valence-electron chi connectivity index (χ1n) is 17.2. The Bertz CT molecular complexity index is 1690. The van der Waals surface area contributed by atoms with Gasteiger partial charge in [-0.3, -0.25) is 14.4 Å². The molecule has 0 bridgehead atoms. The molecule has 2 aliphatic rings. The number of likely N-dealkylation sites (tertiary alicyclic amines) is 1. The van der Waals surface area contributed by atoms with Gasteiger partial charge in [-0.1, -0.05) is 20.8 Å². The van der Waals surface area contributed by atoms with Gasteiger partial charge in [-0.25, -0.2) is 14.4 Å². The third-order valence-corrected chi connectivity index (χ3v) is 10.0. The van der Waals surface area contributed by atoms with Crippen molar-refractivity contribution in [1.82, 2.24) is 25.1 Å². The molecule has 2 aliphatic heterocycles. The highest BCUT2D eigenvalue weighted by atomic mass is 19.1. The Balaban J connectivity index is 1.37. The molecule has 2 aromatic carbocycles. The third-order valence-electron chi connectivity index (χ3n) is 10.0. The minimum atomic E-state index is -0.596. The number of Topliss-reactive ketones (excluding diaryl/α,β-unsaturated/α-hetero) is 2. The number of hydrogen-bond acceptors (Lipinski definition) is 10. The lowest BCUT2D eigenvalue weighted by Gasteiger charge is -2.35. The van der Waals surface area contributed by atoms with Crippen molar-refractivity contribution in [3.63, 3.8) is 0 Å². The van der Waals surface area contributed by atoms with E-state index in [2.05, 4.69) is 37.4 Å². The number of likely N-dealkylation sites (N-methyl/N-ethyl adjacent to an activating group) is 2. The van der Waals surface area contributed by atoms with Gasteiger partial charge in [0.2, 0.25) is 5.91 Å². The van der Waals surface area contributed by atoms with E-state index in [1.165, 1.54) is 12.4 Å². The zero-order chi connectivity index (χ0) is 35.5. The maximum Gasteiger partial charge on any atom is 0.227 e. The molecule has 0 saturated carbocycles. The van der Waals surface area contributed by atoms with Gasteiger partial charge >= 0.3 is 0 Å². The minimum absolute atomic E-state index is 0.0286. The number of ether oxygens (including phenoxy) is 1. The number of hydrogen-bond donors (Lipinski definition) is 2. The highest BCUT2D eigenvalue weighted by Crippen LogP contribution is 2.35. The summed E-state index contributed by atoms with van der Waals surface area (Å²) in [6.07, 6.45) is 2.84. The Morgan fingerprint density at radius 2 is 1.80 bits per heavy atom. The van der Waals surface area contributed by atoms with E-state index in [1.807, 2.05) is 32.9 Å². The van der Waals surface area contributed by atoms with E-state index in [9.17, 15) is 14.4 Å². The van der Waals surface area contributed by atoms with Crippen molar-refractivity contribution in [3.05, 3.63) is 48.0 Å². The van der Waals surface area contributed by atoms with Crippen LogP contribution in [0.5, 0.6) is 5.75 Å². The Hall–Kier alpha value is -4.16. The highest BCUT2D eigenvalue weighted by molar-refractivity contribution is 5.96. The average Bonchev–Trinajstić information content (AvgIpc) is 3.57. The van der Waals surface area contributed by atoms with E-state index < -0.39 is 17.4 Å². The van der Waals surface area contributed by atoms with Crippen LogP contribution < -0.4 is 20.3 Å². The molecule has 0 unspecified atom stereocenters. The van der Waals surface area contributed by atoms with Gasteiger partial charge < -0.3 is 30.1 Å². The first kappa shape index (κ1) is 36.1. The van der Waals surface area contributed by atoms with Crippen molar-refractivity contribution >= 4 is 45.6 Å². The second-order valence-corrected chi connectivity index (χ2v) is 14.4. The fourth-order valence-corrected chi connectivity index (χ4v) is 6.76. The lowest BCUT2D eigenvalue weighted by Crippen LogP contribution is -2.48. The summed E-state index contributed by atoms with van der Waals surface area (Å²) < 4.78 is 21.0. The smallest absolute Gasteiger partial charge is 0.227 e. The maximum atomic E-state index is 15.3. The number of rotatable bonds is 12. The molecule has 0 aliphatic carbocycles. The van der Waals surface area contributed by atoms with Crippen LogP contribution in [0, 0.1) is 17.2 Å². The second-order valence-electron chi connectivity index (χ2n) is 14.4. The molecule has 1 amide bonds. The first-order chi connectivity index (χ1) is 23.3. The van der Waals surface area contributed by atoms with Gasteiger partial charge in [-0.05, 0) is 63.5 Å². The normalized spacial score (nSPS) is 18.4. The molecule has 2 fully saturated rings. The number of halogens is 1. The zero-order valence-electron chi connectivity index (χ0n) is 29.8. The fourth-order valence-electron chi connectivity index (χ4n) is 6.76. The van der Waals surface area contributed by atoms with Gasteiger partial charge in [-0.2, -0.15) is 0 Å². The van der Waals surface area contributed by atoms with Crippen LogP contribution in [0.4, 0.5) is 21.6 Å². The first-order valence-corrected chi connectivity index (χ1v) is 17.2. The number of ketones is 2. The van der Waals surface area contributed by atoms with Crippen molar-refractivity contribution in [2.45, 2.75) is 65.5 Å². The molecule has 12 heteroatoms. The second kappa shape index (κ2) is 15.2. The standard InChI is InChI=1S/C37H50FN7O4/c1-23(39-5)32(46)20-27(37(2,3)4)36(48)45-12-8-9-31(45)33(47)18-24-17-26-29(21-34(24)49-7)40-22-41-35(26)42-25-10-11-30(28(38)19-25)44-15-13-43(6)14-16-44/h10-11,17,19,21-23,27,31,39H,8-9,12-16,18,20H2,1-7H3,(H,40,41,42)/t23-,27+,31-/m0/s1. The molecule has 3 aromatic rings. The maximum absolute atomic E-state index is 15.3. The number of piperazine rings is 1. The summed E-state index contributed by atoms with van der Waals surface area (Å²) in [7, 11) is 5.34. The molecule has 49 heavy (non-hydrogen) atoms. The van der Waals surface area contributed by atoms with Crippen LogP contribution in [0.15, 0.2) is 36.7 Å². The third kappa shape index (κ3) is 8.18. The Morgan fingerprint density at radius 1 is 1.06 bits per heavy atom. The molecule has 1 aromatic heterocycles. The van der Waals surface area contributed by atoms with Crippen molar-refractivity contribution in [3.8, 4) is 5.75 Å². The van der Waals surface area contributed by atoms with Crippen molar-refractivity contribution in [1.29, 1.82) is 0 Å². The van der Waals surface area contributed by atoms with E-state index >= 15 is 4.39 Å². The molecule has 5 rings (SSSR count). The van der Waals surface area contributed by atoms with Gasteiger partial charge in [0, 0.05) is 74.2 Å². The fraction of sp³-hybridized carbons (Fsp3) is 0.541. The highest BCUT2D eigenvalue weighted by Gasteiger charge is 2.42. The topological polar surface area (TPSA) is 120 Å². The molecule has 3 atom stereocenters. The van der Waals surface area contributed by atoms with Crippen LogP contribution in [0.2, 0.25) is 0 Å². The van der Waals surface area contributed by atoms with Crippen LogP contribution in [0.25, 0.3) is 10.9 Å². The summed E-state index contributed by atoms with van der Waals surface area (Å²) in [5, 5.41) is 6.87. The zero-order valence-corrected chi connectivity index (χ0v) is 29.8. The van der Waals surface area contributed by atoms with Gasteiger partial charge in [0.05, 0.1) is 30.4 Å². The number of benzene rings is 2. The predicted octanol–water partition coefficient (Wildman–Crippen LogP) is 4.60. The number of anilines is 3. The number of fused-ring (bicyclic) bond motifs is 1. The minimum Gasteiger partial charge on any atom is -0.496 e. The van der Waals surface area contributed by atoms with Crippen molar-refractivity contribution < 1.29 is 23.5 Å². The van der Waals surface area contributed by atoms with Gasteiger partial charge in [0.15, 0.2) is 5.78 Å². The molecule has 0 spiro atoms. The van der Waals surface area contributed by atoms with Gasteiger partial charge in [0.1, 0.15) is 29.5 Å². The molecule has 264 valence electrons. The van der Waals surface area contributed by atoms with E-state index in [0.717, 1.165) is 26.2 Å². The SMILES string of the molecule is CN[C@@H](C)C(=O)C[C@H](C(=O)N1CCC[C@H]1C(=O)Cc1cc2c(Nc3ccc(N4CCN(C)CC4)c(F)c3)ncnc2cc1OC)C(C)(C)C. The average molecular weight is 676 g/mol. The molecule has 2 saturated heterocycles. The van der Waals surface area contributed by atoms with Gasteiger partial charge in [0.25, 0.3) is 0 Å². The molecular formula is C37H50FN7O4. The number of aromatic nitrogens is 2. The lowest BCUT2D eigenvalue weighted by atomic mass is 9.76. The summed E-state index contributed by atoms with van der Waals surface area (Å²) in [5.41, 5.74) is 1.89. The van der Waals surface area contributed by atoms with E-state index in [4.69, 9.17) is 4.74 Å². The van der Waals surface area contributed by atoms with Crippen molar-refractivity contribution in [2.24, 2.45) is 11.3 Å². The number of nitrogens with one attached hydrogen (secondary N) is 2. The summed E-state index contributed by atoms with van der Waals surface area (Å²) in [6, 6.07) is 7.74. The molecular weight excluding hydrogens is 625 g/mol. The summed E-state index contributed by atoms with van der Waals surface area (Å²) in [5.74, 6) is -0.173. The Morgan fingerprint density at radius 3 is 2.45 bits per heavy atom. The summed E-state index contributed by atoms with van der Waals surface area (Å²) in [6.45, 7) is 11.4. The van der Waals surface area contributed by atoms with Crippen LogP contribution in [-0.2, 0) is 20.8 Å². The van der Waals surface area contributed by atoms with E-state index in [0.29, 0.717) is 58.8 Å². The molecule has 0 radical (unpaired) electrons. The van der Waals surface area contributed by atoms with Crippen LogP contribution in [0.3, 0.4) is 0 Å². The largest absolute Gasteiger partial charge is 0.496 e. The molecule has 3 heterocycles. The summed E-state index contributed by atoms with van der Waals surface area (Å²) in [4.78, 5) is 55.7. The number of nitrogens with zero attached hydrogens (tertiary/aromatic N) is 5. The monoisotopic (exact) mass is 675 g/mol.